The first-order valence-electron chi connectivity index (χ1n) is 12.8. The quantitative estimate of drug-likeness (QED) is 0.296. The minimum Gasteiger partial charge on any atom is -0.486 e. The van der Waals surface area contributed by atoms with Crippen molar-refractivity contribution >= 4 is 34.8 Å². The summed E-state index contributed by atoms with van der Waals surface area (Å²) in [4.78, 5) is 14.5. The number of anilines is 1. The number of piperidine rings is 1. The van der Waals surface area contributed by atoms with Crippen LogP contribution in [0.25, 0.3) is 0 Å². The largest absolute Gasteiger partial charge is 0.486 e. The third kappa shape index (κ3) is 7.70. The minimum absolute atomic E-state index is 0.0331. The lowest BCUT2D eigenvalue weighted by atomic mass is 9.89. The van der Waals surface area contributed by atoms with Crippen molar-refractivity contribution in [2.45, 2.75) is 45.1 Å². The Morgan fingerprint density at radius 1 is 1.03 bits per heavy atom. The molecule has 1 heterocycles. The molecule has 1 atom stereocenters. The summed E-state index contributed by atoms with van der Waals surface area (Å²) in [5.74, 6) is 0.809. The number of rotatable bonds is 9. The fourth-order valence-electron chi connectivity index (χ4n) is 4.63. The van der Waals surface area contributed by atoms with Gasteiger partial charge >= 0.3 is 0 Å². The molecule has 196 valence electrons. The highest BCUT2D eigenvalue weighted by molar-refractivity contribution is 6.42. The van der Waals surface area contributed by atoms with Crippen LogP contribution >= 0.6 is 23.2 Å². The van der Waals surface area contributed by atoms with Gasteiger partial charge in [0, 0.05) is 30.6 Å². The number of hydrogen-bond acceptors (Lipinski definition) is 3. The molecule has 3 aromatic carbocycles. The lowest BCUT2D eigenvalue weighted by Crippen LogP contribution is -2.34. The Morgan fingerprint density at radius 2 is 1.76 bits per heavy atom. The number of carbonyl (C=O) groups excluding carboxylic acids is 1. The Balaban J connectivity index is 1.36. The fraction of sp³-hybridized carbons (Fsp3) is 0.367. The van der Waals surface area contributed by atoms with Crippen molar-refractivity contribution in [2.24, 2.45) is 5.92 Å². The van der Waals surface area contributed by atoms with Crippen molar-refractivity contribution in [2.75, 3.05) is 25.0 Å². The van der Waals surface area contributed by atoms with Crippen LogP contribution in [0.15, 0.2) is 66.7 Å². The number of nitrogens with zero attached hydrogens (tertiary/aromatic N) is 1. The Labute approximate surface area is 228 Å². The van der Waals surface area contributed by atoms with Crippen molar-refractivity contribution in [1.29, 1.82) is 0 Å². The summed E-state index contributed by atoms with van der Waals surface area (Å²) in [6, 6.07) is 19.9. The van der Waals surface area contributed by atoms with Crippen LogP contribution in [0.2, 0.25) is 10.0 Å². The molecule has 3 aromatic rings. The zero-order chi connectivity index (χ0) is 26.4. The molecular weight excluding hydrogens is 510 g/mol. The molecule has 1 unspecified atom stereocenters. The van der Waals surface area contributed by atoms with Crippen molar-refractivity contribution in [3.8, 4) is 5.75 Å². The molecule has 1 aliphatic rings. The number of benzene rings is 3. The van der Waals surface area contributed by atoms with Crippen LogP contribution in [-0.4, -0.2) is 30.4 Å². The van der Waals surface area contributed by atoms with E-state index in [1.165, 1.54) is 17.7 Å². The number of likely N-dealkylation sites (tertiary alicyclic amines) is 1. The van der Waals surface area contributed by atoms with Crippen LogP contribution < -0.4 is 10.1 Å². The van der Waals surface area contributed by atoms with Gasteiger partial charge in [0.2, 0.25) is 5.91 Å². The minimum atomic E-state index is -0.271. The monoisotopic (exact) mass is 542 g/mol. The zero-order valence-corrected chi connectivity index (χ0v) is 22.7. The second-order valence-corrected chi connectivity index (χ2v) is 10.7. The highest BCUT2D eigenvalue weighted by atomic mass is 35.5. The second-order valence-electron chi connectivity index (χ2n) is 9.91. The summed E-state index contributed by atoms with van der Waals surface area (Å²) < 4.78 is 19.8. The van der Waals surface area contributed by atoms with E-state index in [0.717, 1.165) is 50.1 Å². The fourth-order valence-corrected chi connectivity index (χ4v) is 4.92. The lowest BCUT2D eigenvalue weighted by Gasteiger charge is -2.33. The zero-order valence-electron chi connectivity index (χ0n) is 21.2. The van der Waals surface area contributed by atoms with Gasteiger partial charge in [-0.1, -0.05) is 61.3 Å². The van der Waals surface area contributed by atoms with E-state index in [1.807, 2.05) is 26.0 Å². The van der Waals surface area contributed by atoms with Crippen molar-refractivity contribution in [1.82, 2.24) is 4.90 Å². The van der Waals surface area contributed by atoms with E-state index in [1.54, 1.807) is 30.3 Å². The van der Waals surface area contributed by atoms with Gasteiger partial charge in [0.1, 0.15) is 17.7 Å². The van der Waals surface area contributed by atoms with Crippen LogP contribution in [0, 0.1) is 11.7 Å². The topological polar surface area (TPSA) is 41.6 Å². The molecule has 4 nitrogen and oxygen atoms in total. The van der Waals surface area contributed by atoms with Gasteiger partial charge in [-0.2, -0.15) is 0 Å². The van der Waals surface area contributed by atoms with Crippen LogP contribution in [0.1, 0.15) is 56.3 Å². The molecule has 7 heteroatoms. The Morgan fingerprint density at radius 3 is 2.43 bits per heavy atom. The smallest absolute Gasteiger partial charge is 0.226 e. The first kappa shape index (κ1) is 27.4. The highest BCUT2D eigenvalue weighted by Gasteiger charge is 2.23. The van der Waals surface area contributed by atoms with Gasteiger partial charge in [0.05, 0.1) is 10.0 Å². The first-order chi connectivity index (χ1) is 17.8. The summed E-state index contributed by atoms with van der Waals surface area (Å²) in [6.45, 7) is 6.61. The van der Waals surface area contributed by atoms with Crippen molar-refractivity contribution in [3.63, 3.8) is 0 Å². The first-order valence-corrected chi connectivity index (χ1v) is 13.5. The maximum atomic E-state index is 13.5. The summed E-state index contributed by atoms with van der Waals surface area (Å²) in [5, 5.41) is 3.92. The van der Waals surface area contributed by atoms with Crippen molar-refractivity contribution in [3.05, 3.63) is 93.7 Å². The Kier molecular flexibility index (Phi) is 9.47. The average molecular weight is 544 g/mol. The number of carbonyl (C=O) groups is 1. The lowest BCUT2D eigenvalue weighted by molar-refractivity contribution is -0.118. The predicted molar refractivity (Wildman–Crippen MR) is 149 cm³/mol. The molecule has 1 fully saturated rings. The molecule has 1 aliphatic heterocycles. The summed E-state index contributed by atoms with van der Waals surface area (Å²) >= 11 is 12.2. The van der Waals surface area contributed by atoms with Gasteiger partial charge in [-0.3, -0.25) is 4.79 Å². The van der Waals surface area contributed by atoms with Gasteiger partial charge in [0.25, 0.3) is 0 Å². The molecule has 0 saturated carbocycles. The van der Waals surface area contributed by atoms with Gasteiger partial charge in [-0.05, 0) is 79.4 Å². The van der Waals surface area contributed by atoms with E-state index in [0.29, 0.717) is 21.7 Å². The van der Waals surface area contributed by atoms with E-state index in [4.69, 9.17) is 27.9 Å². The van der Waals surface area contributed by atoms with Gasteiger partial charge < -0.3 is 15.0 Å². The standard InChI is InChI=1S/C30H33Cl2FN2O2/c1-20(2)30(36)34-25-5-3-4-23(18-25)21-12-15-35(16-13-21)17-14-29(22-6-8-24(33)9-7-22)37-26-10-11-27(31)28(32)19-26/h3-11,18-21,29H,12-17H2,1-2H3,(H,34,36). The number of ether oxygens (including phenoxy) is 1. The second kappa shape index (κ2) is 12.8. The number of hydrogen-bond donors (Lipinski definition) is 1. The van der Waals surface area contributed by atoms with Crippen LogP contribution in [-0.2, 0) is 4.79 Å². The molecule has 0 bridgehead atoms. The molecule has 0 spiro atoms. The normalized spacial score (nSPS) is 15.5. The maximum Gasteiger partial charge on any atom is 0.226 e. The van der Waals surface area contributed by atoms with E-state index >= 15 is 0 Å². The number of nitrogens with one attached hydrogen (secondary N) is 1. The molecule has 0 radical (unpaired) electrons. The molecular formula is C30H33Cl2FN2O2. The van der Waals surface area contributed by atoms with Crippen LogP contribution in [0.5, 0.6) is 5.75 Å². The predicted octanol–water partition coefficient (Wildman–Crippen LogP) is 8.12. The van der Waals surface area contributed by atoms with Crippen LogP contribution in [0.3, 0.4) is 0 Å². The van der Waals surface area contributed by atoms with Gasteiger partial charge in [-0.15, -0.1) is 0 Å². The molecule has 4 rings (SSSR count). The molecule has 37 heavy (non-hydrogen) atoms. The highest BCUT2D eigenvalue weighted by Crippen LogP contribution is 2.33. The number of halogens is 3. The third-order valence-electron chi connectivity index (χ3n) is 6.86. The number of amides is 1. The van der Waals surface area contributed by atoms with Gasteiger partial charge in [-0.25, -0.2) is 4.39 Å². The summed E-state index contributed by atoms with van der Waals surface area (Å²) in [7, 11) is 0. The molecule has 1 N–H and O–H groups in total. The SMILES string of the molecule is CC(C)C(=O)Nc1cccc(C2CCN(CCC(Oc3ccc(Cl)c(Cl)c3)c3ccc(F)cc3)CC2)c1. The van der Waals surface area contributed by atoms with E-state index in [9.17, 15) is 9.18 Å². The third-order valence-corrected chi connectivity index (χ3v) is 7.60. The van der Waals surface area contributed by atoms with Crippen molar-refractivity contribution < 1.29 is 13.9 Å². The van der Waals surface area contributed by atoms with Crippen LogP contribution in [0.4, 0.5) is 10.1 Å². The van der Waals surface area contributed by atoms with E-state index < -0.39 is 0 Å². The summed E-state index contributed by atoms with van der Waals surface area (Å²) in [5.41, 5.74) is 3.05. The van der Waals surface area contributed by atoms with Gasteiger partial charge in [0.15, 0.2) is 0 Å². The Hall–Kier alpha value is -2.60. The molecule has 1 saturated heterocycles. The molecule has 0 aliphatic carbocycles. The molecule has 0 aromatic heterocycles. The Bertz CT molecular complexity index is 1190. The summed E-state index contributed by atoms with van der Waals surface area (Å²) in [6.07, 6.45) is 2.62. The van der Waals surface area contributed by atoms with E-state index in [2.05, 4.69) is 22.3 Å². The average Bonchev–Trinajstić information content (AvgIpc) is 2.89. The molecule has 1 amide bonds. The van der Waals surface area contributed by atoms with E-state index in [-0.39, 0.29) is 23.7 Å². The maximum absolute atomic E-state index is 13.5.